The third kappa shape index (κ3) is 6.22. The lowest BCUT2D eigenvalue weighted by Crippen LogP contribution is -2.19. The molecular weight excluding hydrogens is 506 g/mol. The lowest BCUT2D eigenvalue weighted by Gasteiger charge is -2.18. The van der Waals surface area contributed by atoms with Crippen molar-refractivity contribution >= 4 is 58.2 Å². The third-order valence-electron chi connectivity index (χ3n) is 5.03. The summed E-state index contributed by atoms with van der Waals surface area (Å²) >= 11 is 13.7. The molecule has 0 spiro atoms. The van der Waals surface area contributed by atoms with Crippen LogP contribution in [0.1, 0.15) is 21.2 Å². The van der Waals surface area contributed by atoms with E-state index in [4.69, 9.17) is 23.2 Å². The number of benzene rings is 4. The molecule has 0 bridgehead atoms. The molecule has 0 aliphatic carbocycles. The second-order valence-corrected chi connectivity index (χ2v) is 9.42. The van der Waals surface area contributed by atoms with E-state index >= 15 is 0 Å². The van der Waals surface area contributed by atoms with Crippen molar-refractivity contribution in [1.29, 1.82) is 0 Å². The van der Waals surface area contributed by atoms with Gasteiger partial charge in [-0.1, -0.05) is 71.7 Å². The van der Waals surface area contributed by atoms with E-state index in [0.717, 1.165) is 10.5 Å². The first kappa shape index (κ1) is 24.8. The van der Waals surface area contributed by atoms with Crippen LogP contribution >= 0.6 is 35.0 Å². The summed E-state index contributed by atoms with van der Waals surface area (Å²) in [6, 6.07) is 27.2. The Morgan fingerprint density at radius 3 is 2.17 bits per heavy atom. The average molecular weight is 525 g/mol. The molecule has 4 rings (SSSR count). The number of halogens is 3. The van der Waals surface area contributed by atoms with Gasteiger partial charge in [-0.05, 0) is 54.1 Å². The average Bonchev–Trinajstić information content (AvgIpc) is 2.87. The van der Waals surface area contributed by atoms with Gasteiger partial charge in [-0.2, -0.15) is 0 Å². The Hall–Kier alpha value is -3.32. The van der Waals surface area contributed by atoms with Crippen LogP contribution in [0.4, 0.5) is 15.8 Å². The number of hydrogen-bond acceptors (Lipinski definition) is 3. The lowest BCUT2D eigenvalue weighted by atomic mass is 10.1. The molecule has 35 heavy (non-hydrogen) atoms. The van der Waals surface area contributed by atoms with E-state index in [1.165, 1.54) is 30.0 Å². The maximum absolute atomic E-state index is 13.9. The Morgan fingerprint density at radius 2 is 1.46 bits per heavy atom. The molecule has 0 aliphatic heterocycles. The Bertz CT molecular complexity index is 1350. The van der Waals surface area contributed by atoms with Gasteiger partial charge in [0.2, 0.25) is 5.91 Å². The van der Waals surface area contributed by atoms with Crippen LogP contribution in [0.5, 0.6) is 0 Å². The summed E-state index contributed by atoms with van der Waals surface area (Å²) in [6.07, 6.45) is 0. The molecule has 0 aliphatic rings. The highest BCUT2D eigenvalue weighted by atomic mass is 35.5. The van der Waals surface area contributed by atoms with E-state index in [2.05, 4.69) is 10.6 Å². The van der Waals surface area contributed by atoms with Crippen LogP contribution in [0.25, 0.3) is 0 Å². The van der Waals surface area contributed by atoms with Gasteiger partial charge in [-0.25, -0.2) is 4.39 Å². The molecule has 4 aromatic carbocycles. The van der Waals surface area contributed by atoms with E-state index in [1.54, 1.807) is 48.5 Å². The summed E-state index contributed by atoms with van der Waals surface area (Å²) in [7, 11) is 0. The van der Waals surface area contributed by atoms with E-state index in [1.807, 2.05) is 30.3 Å². The van der Waals surface area contributed by atoms with E-state index in [-0.39, 0.29) is 16.5 Å². The molecule has 0 aromatic heterocycles. The molecule has 0 saturated carbocycles. The fourth-order valence-electron chi connectivity index (χ4n) is 3.30. The monoisotopic (exact) mass is 524 g/mol. The third-order valence-corrected chi connectivity index (χ3v) is 7.12. The van der Waals surface area contributed by atoms with Crippen molar-refractivity contribution in [2.45, 2.75) is 10.1 Å². The molecule has 2 amide bonds. The lowest BCUT2D eigenvalue weighted by molar-refractivity contribution is -0.115. The zero-order chi connectivity index (χ0) is 24.8. The predicted octanol–water partition coefficient (Wildman–Crippen LogP) is 7.86. The topological polar surface area (TPSA) is 58.2 Å². The maximum atomic E-state index is 13.9. The minimum Gasteiger partial charge on any atom is -0.323 e. The van der Waals surface area contributed by atoms with E-state index < -0.39 is 17.0 Å². The van der Waals surface area contributed by atoms with Crippen molar-refractivity contribution in [3.8, 4) is 0 Å². The maximum Gasteiger partial charge on any atom is 0.258 e. The summed E-state index contributed by atoms with van der Waals surface area (Å²) < 4.78 is 13.9. The van der Waals surface area contributed by atoms with Crippen molar-refractivity contribution in [3.05, 3.63) is 124 Å². The molecule has 4 aromatic rings. The van der Waals surface area contributed by atoms with Crippen LogP contribution in [0.2, 0.25) is 10.0 Å². The van der Waals surface area contributed by atoms with Crippen molar-refractivity contribution in [2.24, 2.45) is 0 Å². The molecule has 8 heteroatoms. The second-order valence-electron chi connectivity index (χ2n) is 7.46. The predicted molar refractivity (Wildman–Crippen MR) is 141 cm³/mol. The zero-order valence-corrected chi connectivity index (χ0v) is 20.5. The number of carbonyl (C=O) groups excluding carboxylic acids is 2. The quantitative estimate of drug-likeness (QED) is 0.242. The molecule has 0 saturated heterocycles. The fourth-order valence-corrected chi connectivity index (χ4v) is 4.67. The van der Waals surface area contributed by atoms with Crippen molar-refractivity contribution in [3.63, 3.8) is 0 Å². The second kappa shape index (κ2) is 11.4. The Labute approximate surface area is 216 Å². The number of thioether (sulfide) groups is 1. The summed E-state index contributed by atoms with van der Waals surface area (Å²) in [5.74, 6) is -1.39. The van der Waals surface area contributed by atoms with Gasteiger partial charge in [0.05, 0.1) is 21.3 Å². The summed E-state index contributed by atoms with van der Waals surface area (Å²) in [4.78, 5) is 26.4. The number of amides is 2. The first-order chi connectivity index (χ1) is 16.9. The van der Waals surface area contributed by atoms with Crippen LogP contribution in [0.3, 0.4) is 0 Å². The van der Waals surface area contributed by atoms with Gasteiger partial charge in [0.25, 0.3) is 5.91 Å². The first-order valence-electron chi connectivity index (χ1n) is 10.5. The Balaban J connectivity index is 1.51. The van der Waals surface area contributed by atoms with Crippen molar-refractivity contribution in [1.82, 2.24) is 0 Å². The highest BCUT2D eigenvalue weighted by Crippen LogP contribution is 2.38. The summed E-state index contributed by atoms with van der Waals surface area (Å²) in [5, 5.41) is 5.59. The molecular formula is C27H19Cl2FN2O2S. The first-order valence-corrected chi connectivity index (χ1v) is 12.2. The molecule has 0 heterocycles. The number of rotatable bonds is 7. The zero-order valence-electron chi connectivity index (χ0n) is 18.2. The van der Waals surface area contributed by atoms with E-state index in [0.29, 0.717) is 16.4 Å². The fraction of sp³-hybridized carbons (Fsp3) is 0.0370. The largest absolute Gasteiger partial charge is 0.323 e. The molecule has 1 atom stereocenters. The molecule has 1 unspecified atom stereocenters. The van der Waals surface area contributed by atoms with Gasteiger partial charge in [-0.3, -0.25) is 9.59 Å². The van der Waals surface area contributed by atoms with Crippen molar-refractivity contribution < 1.29 is 14.0 Å². The molecule has 0 fully saturated rings. The van der Waals surface area contributed by atoms with Crippen LogP contribution < -0.4 is 10.6 Å². The standard InChI is InChI=1S/C27H19Cl2FN2O2S/c28-21-10-6-12-23(24(21)29)32-27(34)25(17-7-2-1-3-8-17)35-19-15-13-18(14-16-19)31-26(33)20-9-4-5-11-22(20)30/h1-16,25H,(H,31,33)(H,32,34). The normalized spacial score (nSPS) is 11.5. The smallest absolute Gasteiger partial charge is 0.258 e. The van der Waals surface area contributed by atoms with Gasteiger partial charge in [0, 0.05) is 10.6 Å². The molecule has 0 radical (unpaired) electrons. The highest BCUT2D eigenvalue weighted by molar-refractivity contribution is 8.00. The number of hydrogen-bond donors (Lipinski definition) is 2. The number of nitrogens with one attached hydrogen (secondary N) is 2. The van der Waals surface area contributed by atoms with Gasteiger partial charge in [-0.15, -0.1) is 11.8 Å². The van der Waals surface area contributed by atoms with Gasteiger partial charge < -0.3 is 10.6 Å². The Kier molecular flexibility index (Phi) is 8.08. The Morgan fingerprint density at radius 1 is 0.771 bits per heavy atom. The molecule has 176 valence electrons. The summed E-state index contributed by atoms with van der Waals surface area (Å²) in [6.45, 7) is 0. The molecule has 2 N–H and O–H groups in total. The van der Waals surface area contributed by atoms with Gasteiger partial charge in [0.1, 0.15) is 11.1 Å². The summed E-state index contributed by atoms with van der Waals surface area (Å²) in [5.41, 5.74) is 1.71. The number of carbonyl (C=O) groups is 2. The minimum atomic E-state index is -0.589. The van der Waals surface area contributed by atoms with Crippen LogP contribution in [0, 0.1) is 5.82 Å². The van der Waals surface area contributed by atoms with Crippen LogP contribution in [-0.4, -0.2) is 11.8 Å². The highest BCUT2D eigenvalue weighted by Gasteiger charge is 2.23. The van der Waals surface area contributed by atoms with Gasteiger partial charge in [0.15, 0.2) is 0 Å². The SMILES string of the molecule is O=C(Nc1ccc(SC(C(=O)Nc2cccc(Cl)c2Cl)c2ccccc2)cc1)c1ccccc1F. The van der Waals surface area contributed by atoms with Gasteiger partial charge >= 0.3 is 0 Å². The van der Waals surface area contributed by atoms with Crippen LogP contribution in [0.15, 0.2) is 102 Å². The minimum absolute atomic E-state index is 0.0357. The molecule has 4 nitrogen and oxygen atoms in total. The van der Waals surface area contributed by atoms with Crippen LogP contribution in [-0.2, 0) is 4.79 Å². The number of anilines is 2. The van der Waals surface area contributed by atoms with E-state index in [9.17, 15) is 14.0 Å². The van der Waals surface area contributed by atoms with Crippen molar-refractivity contribution in [2.75, 3.05) is 10.6 Å².